The fourth-order valence-electron chi connectivity index (χ4n) is 0.379. The second-order valence-corrected chi connectivity index (χ2v) is 2.12. The van der Waals surface area contributed by atoms with Crippen molar-refractivity contribution in [3.8, 4) is 0 Å². The molecule has 0 fully saturated rings. The molecule has 0 aromatic heterocycles. The van der Waals surface area contributed by atoms with Gasteiger partial charge in [-0.15, -0.1) is 0 Å². The predicted molar refractivity (Wildman–Crippen MR) is 33.2 cm³/mol. The summed E-state index contributed by atoms with van der Waals surface area (Å²) in [6, 6.07) is 0. The van der Waals surface area contributed by atoms with Crippen molar-refractivity contribution in [2.75, 3.05) is 5.75 Å². The molecule has 0 spiro atoms. The van der Waals surface area contributed by atoms with E-state index in [1.54, 1.807) is 6.92 Å². The zero-order chi connectivity index (χ0) is 5.70. The maximum absolute atomic E-state index is 10.3. The van der Waals surface area contributed by atoms with Gasteiger partial charge in [0.2, 0.25) is 0 Å². The largest absolute Gasteiger partial charge is 0.233 e. The van der Waals surface area contributed by atoms with Crippen molar-refractivity contribution in [3.05, 3.63) is 0 Å². The SMILES string of the molecule is CC([O])CCCS. The van der Waals surface area contributed by atoms with E-state index in [0.29, 0.717) is 0 Å². The van der Waals surface area contributed by atoms with Crippen LogP contribution in [0.1, 0.15) is 19.8 Å². The molecule has 7 heavy (non-hydrogen) atoms. The third-order valence-corrected chi connectivity index (χ3v) is 1.08. The van der Waals surface area contributed by atoms with Crippen LogP contribution in [0.2, 0.25) is 0 Å². The Morgan fingerprint density at radius 1 is 1.71 bits per heavy atom. The third-order valence-electron chi connectivity index (χ3n) is 0.769. The number of thiol groups is 1. The molecule has 0 saturated heterocycles. The molecule has 0 rings (SSSR count). The van der Waals surface area contributed by atoms with Gasteiger partial charge < -0.3 is 0 Å². The number of hydrogen-bond acceptors (Lipinski definition) is 1. The molecule has 43 valence electrons. The molecule has 1 atom stereocenters. The first-order valence-electron chi connectivity index (χ1n) is 2.54. The molecule has 0 saturated carbocycles. The first kappa shape index (κ1) is 7.31. The van der Waals surface area contributed by atoms with Crippen LogP contribution in [0.15, 0.2) is 0 Å². The van der Waals surface area contributed by atoms with Gasteiger partial charge >= 0.3 is 0 Å². The topological polar surface area (TPSA) is 19.9 Å². The Balaban J connectivity index is 2.68. The van der Waals surface area contributed by atoms with Crippen molar-refractivity contribution in [3.63, 3.8) is 0 Å². The summed E-state index contributed by atoms with van der Waals surface area (Å²) in [5.41, 5.74) is 0. The van der Waals surface area contributed by atoms with Gasteiger partial charge in [0.1, 0.15) is 0 Å². The predicted octanol–water partition coefficient (Wildman–Crippen LogP) is 1.52. The Labute approximate surface area is 50.1 Å². The maximum Gasteiger partial charge on any atom is 0.0902 e. The van der Waals surface area contributed by atoms with Crippen LogP contribution in [0.5, 0.6) is 0 Å². The van der Waals surface area contributed by atoms with Gasteiger partial charge in [-0.3, -0.25) is 0 Å². The lowest BCUT2D eigenvalue weighted by molar-refractivity contribution is 0.0973. The Morgan fingerprint density at radius 2 is 2.29 bits per heavy atom. The molecule has 1 radical (unpaired) electrons. The van der Waals surface area contributed by atoms with Crippen LogP contribution in [0.3, 0.4) is 0 Å². The van der Waals surface area contributed by atoms with Crippen LogP contribution in [0, 0.1) is 0 Å². The highest BCUT2D eigenvalue weighted by atomic mass is 32.1. The summed E-state index contributed by atoms with van der Waals surface area (Å²) in [5, 5.41) is 10.3. The van der Waals surface area contributed by atoms with E-state index in [0.717, 1.165) is 18.6 Å². The lowest BCUT2D eigenvalue weighted by Crippen LogP contribution is -1.95. The Hall–Kier alpha value is 0.310. The van der Waals surface area contributed by atoms with E-state index >= 15 is 0 Å². The normalized spacial score (nSPS) is 14.1. The second kappa shape index (κ2) is 4.47. The van der Waals surface area contributed by atoms with Gasteiger partial charge in [-0.2, -0.15) is 12.6 Å². The minimum atomic E-state index is -0.396. The molecule has 0 aliphatic rings. The first-order chi connectivity index (χ1) is 3.27. The molecule has 0 N–H and O–H groups in total. The molecular formula is C5H11OS. The van der Waals surface area contributed by atoms with Crippen molar-refractivity contribution in [2.45, 2.75) is 25.9 Å². The van der Waals surface area contributed by atoms with Gasteiger partial charge in [0.15, 0.2) is 0 Å². The van der Waals surface area contributed by atoms with Crippen LogP contribution in [-0.2, 0) is 5.11 Å². The zero-order valence-electron chi connectivity index (χ0n) is 4.55. The van der Waals surface area contributed by atoms with Gasteiger partial charge in [-0.05, 0) is 25.5 Å². The smallest absolute Gasteiger partial charge is 0.0902 e. The van der Waals surface area contributed by atoms with E-state index in [-0.39, 0.29) is 0 Å². The summed E-state index contributed by atoms with van der Waals surface area (Å²) in [4.78, 5) is 0. The summed E-state index contributed by atoms with van der Waals surface area (Å²) in [7, 11) is 0. The molecule has 0 amide bonds. The molecule has 2 heteroatoms. The third kappa shape index (κ3) is 6.31. The van der Waals surface area contributed by atoms with Crippen LogP contribution in [0.25, 0.3) is 0 Å². The van der Waals surface area contributed by atoms with Crippen molar-refractivity contribution in [1.82, 2.24) is 0 Å². The van der Waals surface area contributed by atoms with Crippen LogP contribution >= 0.6 is 12.6 Å². The minimum absolute atomic E-state index is 0.396. The van der Waals surface area contributed by atoms with E-state index < -0.39 is 6.10 Å². The van der Waals surface area contributed by atoms with Gasteiger partial charge in [0.05, 0.1) is 6.10 Å². The van der Waals surface area contributed by atoms with Crippen LogP contribution < -0.4 is 0 Å². The van der Waals surface area contributed by atoms with Gasteiger partial charge in [0, 0.05) is 0 Å². The van der Waals surface area contributed by atoms with E-state index in [4.69, 9.17) is 0 Å². The Morgan fingerprint density at radius 3 is 2.43 bits per heavy atom. The average molecular weight is 119 g/mol. The van der Waals surface area contributed by atoms with Crippen molar-refractivity contribution < 1.29 is 5.11 Å². The Bertz CT molecular complexity index is 37.1. The fourth-order valence-corrected chi connectivity index (χ4v) is 0.561. The molecule has 0 aromatic rings. The molecule has 0 aromatic carbocycles. The van der Waals surface area contributed by atoms with E-state index in [1.807, 2.05) is 0 Å². The summed E-state index contributed by atoms with van der Waals surface area (Å²) >= 11 is 3.96. The lowest BCUT2D eigenvalue weighted by atomic mass is 10.2. The molecule has 0 bridgehead atoms. The number of hydrogen-bond donors (Lipinski definition) is 1. The molecule has 1 nitrogen and oxygen atoms in total. The Kier molecular flexibility index (Phi) is 4.67. The number of rotatable bonds is 3. The summed E-state index contributed by atoms with van der Waals surface area (Å²) in [6.07, 6.45) is 1.32. The monoisotopic (exact) mass is 119 g/mol. The molecule has 0 heterocycles. The summed E-state index contributed by atoms with van der Waals surface area (Å²) in [5.74, 6) is 0.840. The lowest BCUT2D eigenvalue weighted by Gasteiger charge is -1.95. The fraction of sp³-hybridized carbons (Fsp3) is 1.00. The molecular weight excluding hydrogens is 108 g/mol. The highest BCUT2D eigenvalue weighted by Gasteiger charge is 1.93. The quantitative estimate of drug-likeness (QED) is 0.543. The van der Waals surface area contributed by atoms with Gasteiger partial charge in [0.25, 0.3) is 0 Å². The maximum atomic E-state index is 10.3. The van der Waals surface area contributed by atoms with E-state index in [2.05, 4.69) is 12.6 Å². The van der Waals surface area contributed by atoms with Gasteiger partial charge in [-0.1, -0.05) is 0 Å². The average Bonchev–Trinajstić information content (AvgIpc) is 1.61. The van der Waals surface area contributed by atoms with E-state index in [1.165, 1.54) is 0 Å². The molecule has 1 unspecified atom stereocenters. The van der Waals surface area contributed by atoms with Crippen molar-refractivity contribution in [2.24, 2.45) is 0 Å². The highest BCUT2D eigenvalue weighted by molar-refractivity contribution is 7.80. The highest BCUT2D eigenvalue weighted by Crippen LogP contribution is 1.96. The first-order valence-corrected chi connectivity index (χ1v) is 3.17. The van der Waals surface area contributed by atoms with Gasteiger partial charge in [-0.25, -0.2) is 5.11 Å². The summed E-state index contributed by atoms with van der Waals surface area (Å²) in [6.45, 7) is 1.68. The summed E-state index contributed by atoms with van der Waals surface area (Å²) < 4.78 is 0. The zero-order valence-corrected chi connectivity index (χ0v) is 5.45. The van der Waals surface area contributed by atoms with Crippen molar-refractivity contribution >= 4 is 12.6 Å². The second-order valence-electron chi connectivity index (χ2n) is 1.68. The van der Waals surface area contributed by atoms with Crippen LogP contribution in [-0.4, -0.2) is 11.9 Å². The molecule has 0 aliphatic heterocycles. The standard InChI is InChI=1S/C5H11OS/c1-5(6)3-2-4-7/h5,7H,2-4H2,1H3. The molecule has 0 aliphatic carbocycles. The minimum Gasteiger partial charge on any atom is -0.233 e. The van der Waals surface area contributed by atoms with E-state index in [9.17, 15) is 5.11 Å². The van der Waals surface area contributed by atoms with Crippen molar-refractivity contribution in [1.29, 1.82) is 0 Å². The van der Waals surface area contributed by atoms with Crippen LogP contribution in [0.4, 0.5) is 0 Å².